The minimum atomic E-state index is -0.410. The Bertz CT molecular complexity index is 1950. The van der Waals surface area contributed by atoms with Crippen LogP contribution in [0.3, 0.4) is 0 Å². The Morgan fingerprint density at radius 1 is 0.768 bits per heavy atom. The molecule has 5 rings (SSSR count). The number of carbonyl (C=O) groups excluding carboxylic acids is 5. The molecular weight excluding hydrogens is 712 g/mol. The number of aromatic nitrogens is 1. The topological polar surface area (TPSA) is 150 Å². The number of anilines is 2. The highest BCUT2D eigenvalue weighted by atomic mass is 19.1. The highest BCUT2D eigenvalue weighted by Crippen LogP contribution is 2.33. The molecule has 0 spiro atoms. The van der Waals surface area contributed by atoms with Crippen molar-refractivity contribution in [2.24, 2.45) is 0 Å². The highest BCUT2D eigenvalue weighted by molar-refractivity contribution is 6.08. The van der Waals surface area contributed by atoms with Crippen molar-refractivity contribution in [2.75, 3.05) is 30.8 Å². The quantitative estimate of drug-likeness (QED) is 0.0626. The van der Waals surface area contributed by atoms with Crippen LogP contribution in [0.4, 0.5) is 15.8 Å². The lowest BCUT2D eigenvalue weighted by atomic mass is 10.00. The fourth-order valence-electron chi connectivity index (χ4n) is 6.90. The summed E-state index contributed by atoms with van der Waals surface area (Å²) in [4.78, 5) is 69.2. The lowest BCUT2D eigenvalue weighted by Gasteiger charge is -2.25. The minimum Gasteiger partial charge on any atom is -0.352 e. The molecule has 0 radical (unpaired) electrons. The van der Waals surface area contributed by atoms with Crippen molar-refractivity contribution in [2.45, 2.75) is 83.2 Å². The van der Waals surface area contributed by atoms with Gasteiger partial charge in [-0.05, 0) is 124 Å². The first-order chi connectivity index (χ1) is 27.1. The van der Waals surface area contributed by atoms with Crippen molar-refractivity contribution in [3.8, 4) is 0 Å². The fourth-order valence-corrected chi connectivity index (χ4v) is 6.90. The molecule has 1 aliphatic rings. The predicted octanol–water partition coefficient (Wildman–Crippen LogP) is 6.54. The summed E-state index contributed by atoms with van der Waals surface area (Å²) in [6, 6.07) is 22.1. The number of hydrogen-bond acceptors (Lipinski definition) is 7. The molecule has 12 heteroatoms. The van der Waals surface area contributed by atoms with Gasteiger partial charge in [-0.25, -0.2) is 4.39 Å². The number of ketones is 1. The lowest BCUT2D eigenvalue weighted by Crippen LogP contribution is -2.39. The first-order valence-corrected chi connectivity index (χ1v) is 19.3. The van der Waals surface area contributed by atoms with Crippen molar-refractivity contribution in [1.29, 1.82) is 0 Å². The maximum atomic E-state index is 13.3. The predicted molar refractivity (Wildman–Crippen MR) is 215 cm³/mol. The third-order valence-corrected chi connectivity index (χ3v) is 9.78. The maximum Gasteiger partial charge on any atom is 0.234 e. The van der Waals surface area contributed by atoms with Gasteiger partial charge in [0.25, 0.3) is 0 Å². The van der Waals surface area contributed by atoms with Gasteiger partial charge in [0.2, 0.25) is 23.6 Å². The van der Waals surface area contributed by atoms with Crippen LogP contribution >= 0.6 is 0 Å². The summed E-state index contributed by atoms with van der Waals surface area (Å²) in [5.41, 5.74) is 5.04. The summed E-state index contributed by atoms with van der Waals surface area (Å²) < 4.78 is 13.3. The number of likely N-dealkylation sites (tertiary alicyclic amines) is 1. The van der Waals surface area contributed by atoms with Gasteiger partial charge in [-0.15, -0.1) is 0 Å². The van der Waals surface area contributed by atoms with Gasteiger partial charge in [-0.2, -0.15) is 0 Å². The number of nitrogens with one attached hydrogen (secondary N) is 4. The van der Waals surface area contributed by atoms with E-state index in [1.54, 1.807) is 19.3 Å². The number of nitrogens with zero attached hydrogens (tertiary/aromatic N) is 2. The second-order valence-corrected chi connectivity index (χ2v) is 14.3. The number of likely N-dealkylation sites (N-methyl/N-ethyl adjacent to an activating group) is 1. The molecule has 0 bridgehead atoms. The van der Waals surface area contributed by atoms with Crippen LogP contribution in [0.5, 0.6) is 0 Å². The molecule has 11 nitrogen and oxygen atoms in total. The molecule has 1 aliphatic heterocycles. The van der Waals surface area contributed by atoms with E-state index in [1.807, 2.05) is 60.4 Å². The van der Waals surface area contributed by atoms with Crippen molar-refractivity contribution >= 4 is 40.8 Å². The highest BCUT2D eigenvalue weighted by Gasteiger charge is 2.30. The number of aryl methyl sites for hydroxylation is 1. The standard InChI is InChI=1S/C44H51FN6O5/c1-30(48-42(54)29-46-2)25-32-12-21-38(22-13-32)50-41(53)9-5-3-4-8-40(52)49-37-19-10-31(11-20-37)14-23-43(55)51-24-6-7-39(51)34-26-35(28-47-27-34)44(56)33-15-17-36(45)18-16-33/h10-13,15-22,26-28,30,39,46H,3-9,14,23-25,29H2,1-2H3,(H,48,54)(H,49,52)(H,50,53). The van der Waals surface area contributed by atoms with E-state index in [0.29, 0.717) is 68.3 Å². The van der Waals surface area contributed by atoms with Crippen LogP contribution in [0.25, 0.3) is 0 Å². The summed E-state index contributed by atoms with van der Waals surface area (Å²) in [5.74, 6) is -0.840. The van der Waals surface area contributed by atoms with Crippen molar-refractivity contribution < 1.29 is 28.4 Å². The normalized spacial score (nSPS) is 14.2. The van der Waals surface area contributed by atoms with E-state index < -0.39 is 5.82 Å². The third kappa shape index (κ3) is 12.7. The van der Waals surface area contributed by atoms with Gasteiger partial charge < -0.3 is 26.2 Å². The zero-order valence-electron chi connectivity index (χ0n) is 32.1. The summed E-state index contributed by atoms with van der Waals surface area (Å²) >= 11 is 0. The Balaban J connectivity index is 0.972. The van der Waals surface area contributed by atoms with Crippen molar-refractivity contribution in [1.82, 2.24) is 20.5 Å². The van der Waals surface area contributed by atoms with Crippen LogP contribution in [-0.2, 0) is 32.0 Å². The van der Waals surface area contributed by atoms with E-state index in [0.717, 1.165) is 41.6 Å². The Morgan fingerprint density at radius 2 is 1.39 bits per heavy atom. The van der Waals surface area contributed by atoms with E-state index >= 15 is 0 Å². The number of unbranched alkanes of at least 4 members (excludes halogenated alkanes) is 2. The number of hydrogen-bond donors (Lipinski definition) is 4. The van der Waals surface area contributed by atoms with E-state index in [9.17, 15) is 28.4 Å². The molecule has 0 saturated carbocycles. The Morgan fingerprint density at radius 3 is 2.02 bits per heavy atom. The molecule has 2 unspecified atom stereocenters. The lowest BCUT2D eigenvalue weighted by molar-refractivity contribution is -0.132. The molecule has 3 aromatic carbocycles. The Hall–Kier alpha value is -5.75. The van der Waals surface area contributed by atoms with E-state index in [4.69, 9.17) is 0 Å². The van der Waals surface area contributed by atoms with Crippen LogP contribution in [0.1, 0.15) is 96.9 Å². The number of halogens is 1. The Labute approximate surface area is 327 Å². The first-order valence-electron chi connectivity index (χ1n) is 19.3. The van der Waals surface area contributed by atoms with Crippen molar-refractivity contribution in [3.63, 3.8) is 0 Å². The van der Waals surface area contributed by atoms with Gasteiger partial charge in [0.15, 0.2) is 5.78 Å². The van der Waals surface area contributed by atoms with Gasteiger partial charge in [0.05, 0.1) is 12.6 Å². The molecule has 4 aromatic rings. The van der Waals surface area contributed by atoms with E-state index in [2.05, 4.69) is 26.3 Å². The number of amides is 4. The van der Waals surface area contributed by atoms with Crippen molar-refractivity contribution in [3.05, 3.63) is 125 Å². The fraction of sp³-hybridized carbons (Fsp3) is 0.364. The summed E-state index contributed by atoms with van der Waals surface area (Å²) in [6.45, 7) is 2.87. The zero-order valence-corrected chi connectivity index (χ0v) is 32.1. The zero-order chi connectivity index (χ0) is 39.9. The number of benzene rings is 3. The van der Waals surface area contributed by atoms with Crippen LogP contribution in [0, 0.1) is 5.82 Å². The molecule has 1 fully saturated rings. The van der Waals surface area contributed by atoms with Crippen LogP contribution in [0.15, 0.2) is 91.3 Å². The van der Waals surface area contributed by atoms with Crippen LogP contribution in [0.2, 0.25) is 0 Å². The smallest absolute Gasteiger partial charge is 0.234 e. The van der Waals surface area contributed by atoms with E-state index in [-0.39, 0.29) is 48.0 Å². The molecule has 4 N–H and O–H groups in total. The van der Waals surface area contributed by atoms with E-state index in [1.165, 1.54) is 30.5 Å². The monoisotopic (exact) mass is 762 g/mol. The third-order valence-electron chi connectivity index (χ3n) is 9.78. The summed E-state index contributed by atoms with van der Waals surface area (Å²) in [7, 11) is 1.73. The number of rotatable bonds is 19. The largest absolute Gasteiger partial charge is 0.352 e. The van der Waals surface area contributed by atoms with Gasteiger partial charge in [-0.3, -0.25) is 29.0 Å². The first kappa shape index (κ1) is 41.4. The minimum absolute atomic E-state index is 0.00294. The van der Waals surface area contributed by atoms with Crippen LogP contribution < -0.4 is 21.3 Å². The molecule has 1 aromatic heterocycles. The average molecular weight is 763 g/mol. The van der Waals surface area contributed by atoms with Gasteiger partial charge in [0.1, 0.15) is 5.82 Å². The van der Waals surface area contributed by atoms with Gasteiger partial charge in [0, 0.05) is 66.7 Å². The molecule has 1 saturated heterocycles. The summed E-state index contributed by atoms with van der Waals surface area (Å²) in [6.07, 6.45) is 9.20. The molecule has 294 valence electrons. The molecule has 4 amide bonds. The molecule has 2 atom stereocenters. The van der Waals surface area contributed by atoms with Gasteiger partial charge in [-0.1, -0.05) is 30.7 Å². The molecule has 0 aliphatic carbocycles. The number of pyridine rings is 1. The maximum absolute atomic E-state index is 13.3. The SMILES string of the molecule is CNCC(=O)NC(C)Cc1ccc(NC(=O)CCCCCC(=O)Nc2ccc(CCC(=O)N3CCCC3c3cncc(C(=O)c4ccc(F)cc4)c3)cc2)cc1. The molecule has 56 heavy (non-hydrogen) atoms. The second-order valence-electron chi connectivity index (χ2n) is 14.3. The Kier molecular flexibility index (Phi) is 15.4. The van der Waals surface area contributed by atoms with Crippen LogP contribution in [-0.4, -0.2) is 65.5 Å². The second kappa shape index (κ2) is 20.8. The van der Waals surface area contributed by atoms with Gasteiger partial charge >= 0.3 is 0 Å². The molecular formula is C44H51FN6O5. The molecule has 2 heterocycles. The average Bonchev–Trinajstić information content (AvgIpc) is 3.69. The number of carbonyl (C=O) groups is 5. The summed E-state index contributed by atoms with van der Waals surface area (Å²) in [5, 5.41) is 11.6.